The highest BCUT2D eigenvalue weighted by Crippen LogP contribution is 2.33. The summed E-state index contributed by atoms with van der Waals surface area (Å²) in [5, 5.41) is 4.98. The van der Waals surface area contributed by atoms with E-state index >= 15 is 0 Å². The van der Waals surface area contributed by atoms with E-state index in [9.17, 15) is 9.59 Å². The van der Waals surface area contributed by atoms with Gasteiger partial charge >= 0.3 is 6.03 Å². The number of nitrogens with one attached hydrogen (secondary N) is 1. The van der Waals surface area contributed by atoms with Gasteiger partial charge < -0.3 is 24.6 Å². The third-order valence-corrected chi connectivity index (χ3v) is 5.63. The summed E-state index contributed by atoms with van der Waals surface area (Å²) in [5.41, 5.74) is 0.576. The molecule has 0 fully saturated rings. The van der Waals surface area contributed by atoms with Crippen molar-refractivity contribution in [2.45, 2.75) is 53.2 Å². The van der Waals surface area contributed by atoms with Crippen LogP contribution in [0.4, 0.5) is 4.79 Å². The van der Waals surface area contributed by atoms with Crippen molar-refractivity contribution in [1.29, 1.82) is 0 Å². The fourth-order valence-corrected chi connectivity index (χ4v) is 4.13. The van der Waals surface area contributed by atoms with Crippen LogP contribution in [0, 0.1) is 5.92 Å². The smallest absolute Gasteiger partial charge is 0.318 e. The Morgan fingerprint density at radius 3 is 2.50 bits per heavy atom. The SMILES string of the molecule is CC(C)CN(CC(=O)N(Cc1ccc2c(c1)OCO2)Cc1cccs1)C(=O)NC(C)(C)C. The lowest BCUT2D eigenvalue weighted by Gasteiger charge is -2.31. The molecule has 1 aromatic heterocycles. The molecule has 3 amide bonds. The second-order valence-electron chi connectivity index (χ2n) is 9.47. The highest BCUT2D eigenvalue weighted by atomic mass is 32.1. The maximum Gasteiger partial charge on any atom is 0.318 e. The van der Waals surface area contributed by atoms with Crippen LogP contribution in [-0.4, -0.2) is 47.2 Å². The maximum atomic E-state index is 13.4. The molecule has 32 heavy (non-hydrogen) atoms. The Kier molecular flexibility index (Phi) is 7.66. The quantitative estimate of drug-likeness (QED) is 0.632. The number of carbonyl (C=O) groups excluding carboxylic acids is 2. The molecule has 0 saturated carbocycles. The highest BCUT2D eigenvalue weighted by Gasteiger charge is 2.25. The molecule has 8 heteroatoms. The Morgan fingerprint density at radius 2 is 1.84 bits per heavy atom. The summed E-state index contributed by atoms with van der Waals surface area (Å²) in [6.07, 6.45) is 0. The van der Waals surface area contributed by atoms with Crippen molar-refractivity contribution >= 4 is 23.3 Å². The number of urea groups is 1. The van der Waals surface area contributed by atoms with Gasteiger partial charge in [0.25, 0.3) is 0 Å². The largest absolute Gasteiger partial charge is 0.454 e. The molecule has 2 aromatic rings. The monoisotopic (exact) mass is 459 g/mol. The van der Waals surface area contributed by atoms with Crippen molar-refractivity contribution in [3.8, 4) is 11.5 Å². The van der Waals surface area contributed by atoms with Crippen LogP contribution < -0.4 is 14.8 Å². The number of amides is 3. The van der Waals surface area contributed by atoms with Gasteiger partial charge in [0.2, 0.25) is 12.7 Å². The van der Waals surface area contributed by atoms with Crippen molar-refractivity contribution < 1.29 is 19.1 Å². The molecular formula is C24H33N3O4S. The van der Waals surface area contributed by atoms with Crippen LogP contribution in [0.5, 0.6) is 11.5 Å². The Labute approximate surface area is 194 Å². The van der Waals surface area contributed by atoms with Crippen LogP contribution >= 0.6 is 11.3 Å². The van der Waals surface area contributed by atoms with Gasteiger partial charge in [-0.1, -0.05) is 26.0 Å². The van der Waals surface area contributed by atoms with Crippen molar-refractivity contribution in [1.82, 2.24) is 15.1 Å². The van der Waals surface area contributed by atoms with Gasteiger partial charge in [0, 0.05) is 23.5 Å². The molecule has 3 rings (SSSR count). The Hall–Kier alpha value is -2.74. The van der Waals surface area contributed by atoms with E-state index in [-0.39, 0.29) is 36.7 Å². The van der Waals surface area contributed by atoms with Gasteiger partial charge in [-0.25, -0.2) is 4.79 Å². The summed E-state index contributed by atoms with van der Waals surface area (Å²) in [5.74, 6) is 1.55. The molecule has 0 bridgehead atoms. The zero-order valence-corrected chi connectivity index (χ0v) is 20.3. The van der Waals surface area contributed by atoms with Crippen LogP contribution in [0.25, 0.3) is 0 Å². The van der Waals surface area contributed by atoms with Crippen molar-refractivity contribution in [3.05, 3.63) is 46.2 Å². The first kappa shape index (κ1) is 23.9. The molecule has 0 spiro atoms. The lowest BCUT2D eigenvalue weighted by Crippen LogP contribution is -2.52. The number of hydrogen-bond donors (Lipinski definition) is 1. The highest BCUT2D eigenvalue weighted by molar-refractivity contribution is 7.09. The minimum absolute atomic E-state index is 0.0238. The summed E-state index contributed by atoms with van der Waals surface area (Å²) < 4.78 is 10.9. The summed E-state index contributed by atoms with van der Waals surface area (Å²) in [7, 11) is 0. The average molecular weight is 460 g/mol. The van der Waals surface area contributed by atoms with Gasteiger partial charge in [0.05, 0.1) is 6.54 Å². The van der Waals surface area contributed by atoms with Crippen molar-refractivity contribution in [2.75, 3.05) is 19.9 Å². The third-order valence-electron chi connectivity index (χ3n) is 4.77. The minimum atomic E-state index is -0.376. The molecule has 0 aliphatic carbocycles. The van der Waals surface area contributed by atoms with Gasteiger partial charge in [0.1, 0.15) is 6.54 Å². The molecule has 0 unspecified atom stereocenters. The Morgan fingerprint density at radius 1 is 1.09 bits per heavy atom. The van der Waals surface area contributed by atoms with Gasteiger partial charge in [0.15, 0.2) is 11.5 Å². The molecule has 2 heterocycles. The molecular weight excluding hydrogens is 426 g/mol. The number of thiophene rings is 1. The standard InChI is InChI=1S/C24H33N3O4S/c1-17(2)12-27(23(29)25-24(3,4)5)15-22(28)26(14-19-7-6-10-32-19)13-18-8-9-20-21(11-18)31-16-30-20/h6-11,17H,12-16H2,1-5H3,(H,25,29). The second-order valence-corrected chi connectivity index (χ2v) is 10.5. The van der Waals surface area contributed by atoms with Crippen molar-refractivity contribution in [2.24, 2.45) is 5.92 Å². The van der Waals surface area contributed by atoms with Gasteiger partial charge in [-0.05, 0) is 55.8 Å². The van der Waals surface area contributed by atoms with E-state index in [1.54, 1.807) is 21.1 Å². The first-order valence-electron chi connectivity index (χ1n) is 10.9. The van der Waals surface area contributed by atoms with Gasteiger partial charge in [-0.3, -0.25) is 4.79 Å². The first-order valence-corrected chi connectivity index (χ1v) is 11.7. The molecule has 174 valence electrons. The molecule has 1 N–H and O–H groups in total. The summed E-state index contributed by atoms with van der Waals surface area (Å²) in [6.45, 7) is 11.5. The lowest BCUT2D eigenvalue weighted by atomic mass is 10.1. The maximum absolute atomic E-state index is 13.4. The second kappa shape index (κ2) is 10.3. The van der Waals surface area contributed by atoms with Gasteiger partial charge in [-0.2, -0.15) is 0 Å². The Bertz CT molecular complexity index is 922. The molecule has 1 aromatic carbocycles. The summed E-state index contributed by atoms with van der Waals surface area (Å²) >= 11 is 1.61. The molecule has 1 aliphatic heterocycles. The number of nitrogens with zero attached hydrogens (tertiary/aromatic N) is 2. The normalized spacial score (nSPS) is 12.7. The predicted molar refractivity (Wildman–Crippen MR) is 126 cm³/mol. The van der Waals surface area contributed by atoms with E-state index < -0.39 is 0 Å². The summed E-state index contributed by atoms with van der Waals surface area (Å²) in [4.78, 5) is 30.8. The number of rotatable bonds is 8. The van der Waals surface area contributed by atoms with E-state index in [0.29, 0.717) is 31.1 Å². The number of benzene rings is 1. The van der Waals surface area contributed by atoms with E-state index in [4.69, 9.17) is 9.47 Å². The number of fused-ring (bicyclic) bond motifs is 1. The minimum Gasteiger partial charge on any atom is -0.454 e. The van der Waals surface area contributed by atoms with Crippen LogP contribution in [0.2, 0.25) is 0 Å². The van der Waals surface area contributed by atoms with E-state index in [1.807, 2.05) is 70.3 Å². The third kappa shape index (κ3) is 6.88. The zero-order chi connectivity index (χ0) is 23.3. The van der Waals surface area contributed by atoms with Gasteiger partial charge in [-0.15, -0.1) is 11.3 Å². The summed E-state index contributed by atoms with van der Waals surface area (Å²) in [6, 6.07) is 9.50. The molecule has 0 atom stereocenters. The number of ether oxygens (including phenoxy) is 2. The topological polar surface area (TPSA) is 71.1 Å². The lowest BCUT2D eigenvalue weighted by molar-refractivity contribution is -0.133. The number of hydrogen-bond acceptors (Lipinski definition) is 5. The first-order chi connectivity index (χ1) is 15.1. The fourth-order valence-electron chi connectivity index (χ4n) is 3.41. The predicted octanol–water partition coefficient (Wildman–Crippen LogP) is 4.47. The van der Waals surface area contributed by atoms with E-state index in [2.05, 4.69) is 5.32 Å². The van der Waals surface area contributed by atoms with Crippen LogP contribution in [0.15, 0.2) is 35.7 Å². The van der Waals surface area contributed by atoms with Crippen LogP contribution in [0.3, 0.4) is 0 Å². The molecule has 0 radical (unpaired) electrons. The molecule has 7 nitrogen and oxygen atoms in total. The molecule has 1 aliphatic rings. The average Bonchev–Trinajstić information content (AvgIpc) is 3.36. The van der Waals surface area contributed by atoms with Crippen molar-refractivity contribution in [3.63, 3.8) is 0 Å². The fraction of sp³-hybridized carbons (Fsp3) is 0.500. The van der Waals surface area contributed by atoms with E-state index in [0.717, 1.165) is 10.4 Å². The number of carbonyl (C=O) groups is 2. The zero-order valence-electron chi connectivity index (χ0n) is 19.5. The Balaban J connectivity index is 1.77. The van der Waals surface area contributed by atoms with Crippen LogP contribution in [-0.2, 0) is 17.9 Å². The molecule has 0 saturated heterocycles. The van der Waals surface area contributed by atoms with E-state index in [1.165, 1.54) is 0 Å². The van der Waals surface area contributed by atoms with Crippen LogP contribution in [0.1, 0.15) is 45.1 Å².